The maximum absolute atomic E-state index is 4.33. The minimum Gasteiger partial charge on any atom is -0.282 e. The van der Waals surface area contributed by atoms with Gasteiger partial charge in [0.2, 0.25) is 0 Å². The van der Waals surface area contributed by atoms with Gasteiger partial charge < -0.3 is 0 Å². The van der Waals surface area contributed by atoms with Crippen molar-refractivity contribution in [3.63, 3.8) is 0 Å². The van der Waals surface area contributed by atoms with E-state index in [0.717, 1.165) is 22.6 Å². The molecule has 0 aliphatic rings. The van der Waals surface area contributed by atoms with E-state index in [4.69, 9.17) is 0 Å². The molecule has 0 atom stereocenters. The van der Waals surface area contributed by atoms with Gasteiger partial charge in [0.25, 0.3) is 0 Å². The molecule has 0 amide bonds. The van der Waals surface area contributed by atoms with Crippen LogP contribution >= 0.6 is 0 Å². The van der Waals surface area contributed by atoms with E-state index < -0.39 is 0 Å². The van der Waals surface area contributed by atoms with Gasteiger partial charge in [0.05, 0.1) is 0 Å². The third kappa shape index (κ3) is 2.56. The van der Waals surface area contributed by atoms with Gasteiger partial charge in [0.1, 0.15) is 0 Å². The Morgan fingerprint density at radius 1 is 0.833 bits per heavy atom. The number of fused-ring (bicyclic) bond motifs is 1. The first-order valence-corrected chi connectivity index (χ1v) is 8.08. The van der Waals surface area contributed by atoms with Gasteiger partial charge in [-0.2, -0.15) is 0 Å². The fraction of sp³-hybridized carbons (Fsp3) is 0.150. The molecular formula is C20H18N4. The van der Waals surface area contributed by atoms with Crippen molar-refractivity contribution in [2.24, 2.45) is 0 Å². The number of pyridine rings is 2. The summed E-state index contributed by atoms with van der Waals surface area (Å²) in [4.78, 5) is 4.07. The SMILES string of the molecule is CC(C)c1cccc(-c2ccc3nnc(-c4ccncc4)n3c2)c1. The van der Waals surface area contributed by atoms with Crippen LogP contribution in [0.4, 0.5) is 0 Å². The summed E-state index contributed by atoms with van der Waals surface area (Å²) >= 11 is 0. The summed E-state index contributed by atoms with van der Waals surface area (Å²) < 4.78 is 2.03. The Hall–Kier alpha value is -3.01. The van der Waals surface area contributed by atoms with Crippen LogP contribution in [0, 0.1) is 0 Å². The molecule has 0 aliphatic carbocycles. The molecule has 4 aromatic rings. The smallest absolute Gasteiger partial charge is 0.168 e. The number of rotatable bonds is 3. The van der Waals surface area contributed by atoms with Crippen molar-refractivity contribution in [3.05, 3.63) is 72.7 Å². The zero-order valence-electron chi connectivity index (χ0n) is 13.7. The molecule has 3 heterocycles. The Bertz CT molecular complexity index is 987. The van der Waals surface area contributed by atoms with Gasteiger partial charge >= 0.3 is 0 Å². The van der Waals surface area contributed by atoms with Gasteiger partial charge in [-0.3, -0.25) is 9.38 Å². The van der Waals surface area contributed by atoms with Crippen molar-refractivity contribution in [1.29, 1.82) is 0 Å². The van der Waals surface area contributed by atoms with Crippen molar-refractivity contribution in [3.8, 4) is 22.5 Å². The summed E-state index contributed by atoms with van der Waals surface area (Å²) in [5.41, 5.74) is 5.54. The van der Waals surface area contributed by atoms with E-state index in [2.05, 4.69) is 65.6 Å². The van der Waals surface area contributed by atoms with E-state index >= 15 is 0 Å². The standard InChI is InChI=1S/C20H18N4/c1-14(2)16-4-3-5-17(12-16)18-6-7-19-22-23-20(24(19)13-18)15-8-10-21-11-9-15/h3-14H,1-2H3. The van der Waals surface area contributed by atoms with E-state index in [1.165, 1.54) is 11.1 Å². The zero-order valence-corrected chi connectivity index (χ0v) is 13.7. The molecule has 4 nitrogen and oxygen atoms in total. The van der Waals surface area contributed by atoms with Crippen LogP contribution in [0.1, 0.15) is 25.3 Å². The van der Waals surface area contributed by atoms with Crippen LogP contribution in [0.3, 0.4) is 0 Å². The highest BCUT2D eigenvalue weighted by Crippen LogP contribution is 2.26. The average molecular weight is 314 g/mol. The van der Waals surface area contributed by atoms with Crippen LogP contribution in [-0.4, -0.2) is 19.6 Å². The molecule has 0 bridgehead atoms. The van der Waals surface area contributed by atoms with Gasteiger partial charge in [-0.15, -0.1) is 10.2 Å². The Labute approximate surface area is 140 Å². The largest absolute Gasteiger partial charge is 0.282 e. The molecule has 0 aliphatic heterocycles. The van der Waals surface area contributed by atoms with Crippen molar-refractivity contribution in [2.75, 3.05) is 0 Å². The molecule has 0 radical (unpaired) electrons. The molecule has 1 aromatic carbocycles. The number of nitrogens with zero attached hydrogens (tertiary/aromatic N) is 4. The molecule has 0 saturated carbocycles. The minimum atomic E-state index is 0.510. The number of hydrogen-bond donors (Lipinski definition) is 0. The highest BCUT2D eigenvalue weighted by atomic mass is 15.2. The minimum absolute atomic E-state index is 0.510. The molecule has 0 spiro atoms. The lowest BCUT2D eigenvalue weighted by Gasteiger charge is -2.09. The lowest BCUT2D eigenvalue weighted by molar-refractivity contribution is 0.867. The van der Waals surface area contributed by atoms with E-state index in [-0.39, 0.29) is 0 Å². The monoisotopic (exact) mass is 314 g/mol. The second-order valence-corrected chi connectivity index (χ2v) is 6.19. The fourth-order valence-corrected chi connectivity index (χ4v) is 2.84. The Morgan fingerprint density at radius 2 is 1.67 bits per heavy atom. The lowest BCUT2D eigenvalue weighted by atomic mass is 9.98. The Kier molecular flexibility index (Phi) is 3.58. The molecule has 4 rings (SSSR count). The van der Waals surface area contributed by atoms with Gasteiger partial charge in [0, 0.05) is 24.2 Å². The normalized spacial score (nSPS) is 11.3. The van der Waals surface area contributed by atoms with E-state index in [1.54, 1.807) is 12.4 Å². The van der Waals surface area contributed by atoms with Gasteiger partial charge in [-0.1, -0.05) is 38.1 Å². The molecule has 0 unspecified atom stereocenters. The van der Waals surface area contributed by atoms with Crippen LogP contribution < -0.4 is 0 Å². The highest BCUT2D eigenvalue weighted by Gasteiger charge is 2.09. The quantitative estimate of drug-likeness (QED) is 0.556. The molecule has 3 aromatic heterocycles. The summed E-state index contributed by atoms with van der Waals surface area (Å²) in [6, 6.07) is 16.7. The van der Waals surface area contributed by atoms with Gasteiger partial charge in [0.15, 0.2) is 11.5 Å². The van der Waals surface area contributed by atoms with Crippen LogP contribution in [0.25, 0.3) is 28.2 Å². The molecule has 0 fully saturated rings. The molecule has 4 heteroatoms. The first-order chi connectivity index (χ1) is 11.7. The second-order valence-electron chi connectivity index (χ2n) is 6.19. The van der Waals surface area contributed by atoms with Crippen LogP contribution in [0.15, 0.2) is 67.1 Å². The van der Waals surface area contributed by atoms with Gasteiger partial charge in [-0.25, -0.2) is 0 Å². The summed E-state index contributed by atoms with van der Waals surface area (Å²) in [5, 5.41) is 8.60. The first kappa shape index (κ1) is 14.6. The third-order valence-corrected chi connectivity index (χ3v) is 4.23. The van der Waals surface area contributed by atoms with Crippen LogP contribution in [0.2, 0.25) is 0 Å². The first-order valence-electron chi connectivity index (χ1n) is 8.08. The summed E-state index contributed by atoms with van der Waals surface area (Å²) in [6.07, 6.45) is 5.64. The second kappa shape index (κ2) is 5.89. The molecular weight excluding hydrogens is 296 g/mol. The number of benzene rings is 1. The van der Waals surface area contributed by atoms with Crippen molar-refractivity contribution < 1.29 is 0 Å². The molecule has 118 valence electrons. The predicted octanol–water partition coefficient (Wildman–Crippen LogP) is 4.58. The zero-order chi connectivity index (χ0) is 16.5. The predicted molar refractivity (Wildman–Crippen MR) is 95.7 cm³/mol. The van der Waals surface area contributed by atoms with E-state index in [0.29, 0.717) is 5.92 Å². The van der Waals surface area contributed by atoms with E-state index in [1.807, 2.05) is 22.6 Å². The van der Waals surface area contributed by atoms with Crippen molar-refractivity contribution in [2.45, 2.75) is 19.8 Å². The molecule has 0 N–H and O–H groups in total. The van der Waals surface area contributed by atoms with Crippen LogP contribution in [-0.2, 0) is 0 Å². The molecule has 0 saturated heterocycles. The van der Waals surface area contributed by atoms with Crippen molar-refractivity contribution in [1.82, 2.24) is 19.6 Å². The van der Waals surface area contributed by atoms with Crippen molar-refractivity contribution >= 4 is 5.65 Å². The fourth-order valence-electron chi connectivity index (χ4n) is 2.84. The number of aromatic nitrogens is 4. The third-order valence-electron chi connectivity index (χ3n) is 4.23. The number of hydrogen-bond acceptors (Lipinski definition) is 3. The lowest BCUT2D eigenvalue weighted by Crippen LogP contribution is -1.92. The summed E-state index contributed by atoms with van der Waals surface area (Å²) in [6.45, 7) is 4.42. The summed E-state index contributed by atoms with van der Waals surface area (Å²) in [7, 11) is 0. The molecule has 24 heavy (non-hydrogen) atoms. The van der Waals surface area contributed by atoms with Crippen LogP contribution in [0.5, 0.6) is 0 Å². The topological polar surface area (TPSA) is 43.1 Å². The Morgan fingerprint density at radius 3 is 2.46 bits per heavy atom. The van der Waals surface area contributed by atoms with Gasteiger partial charge in [-0.05, 0) is 46.9 Å². The summed E-state index contributed by atoms with van der Waals surface area (Å²) in [5.74, 6) is 1.34. The maximum atomic E-state index is 4.33. The van der Waals surface area contributed by atoms with E-state index in [9.17, 15) is 0 Å². The maximum Gasteiger partial charge on any atom is 0.168 e. The Balaban J connectivity index is 1.85. The average Bonchev–Trinajstić information content (AvgIpc) is 3.05. The highest BCUT2D eigenvalue weighted by molar-refractivity contribution is 5.67.